The summed E-state index contributed by atoms with van der Waals surface area (Å²) in [6, 6.07) is 0. The summed E-state index contributed by atoms with van der Waals surface area (Å²) in [6.07, 6.45) is 4.99. The zero-order chi connectivity index (χ0) is 11.5. The molecule has 2 heteroatoms. The van der Waals surface area contributed by atoms with Crippen molar-refractivity contribution in [1.29, 1.82) is 0 Å². The van der Waals surface area contributed by atoms with Crippen LogP contribution in [0.2, 0.25) is 0 Å². The summed E-state index contributed by atoms with van der Waals surface area (Å²) in [4.78, 5) is 0. The lowest BCUT2D eigenvalue weighted by Crippen LogP contribution is -2.57. The third-order valence-corrected chi connectivity index (χ3v) is 3.60. The van der Waals surface area contributed by atoms with Crippen LogP contribution in [0, 0.1) is 11.3 Å². The quantitative estimate of drug-likeness (QED) is 0.751. The summed E-state index contributed by atoms with van der Waals surface area (Å²) in [5.41, 5.74) is 6.65. The minimum Gasteiger partial charge on any atom is -0.329 e. The highest BCUT2D eigenvalue weighted by Crippen LogP contribution is 2.43. The van der Waals surface area contributed by atoms with Crippen LogP contribution in [0.5, 0.6) is 0 Å². The smallest absolute Gasteiger partial charge is 0.0311 e. The van der Waals surface area contributed by atoms with E-state index in [1.165, 1.54) is 25.7 Å². The lowest BCUT2D eigenvalue weighted by Gasteiger charge is -2.48. The lowest BCUT2D eigenvalue weighted by molar-refractivity contribution is 0.0865. The first-order chi connectivity index (χ1) is 6.93. The second-order valence-electron chi connectivity index (χ2n) is 6.27. The van der Waals surface area contributed by atoms with Gasteiger partial charge < -0.3 is 11.1 Å². The van der Waals surface area contributed by atoms with E-state index >= 15 is 0 Å². The van der Waals surface area contributed by atoms with Crippen LogP contribution in [0.3, 0.4) is 0 Å². The van der Waals surface area contributed by atoms with Crippen molar-refractivity contribution >= 4 is 0 Å². The van der Waals surface area contributed by atoms with Gasteiger partial charge in [-0.1, -0.05) is 27.7 Å². The SMILES string of the molecule is CCCNC1(CN)CC(C)CC(C)(C)C1. The van der Waals surface area contributed by atoms with Crippen molar-refractivity contribution in [3.05, 3.63) is 0 Å². The molecule has 0 aromatic carbocycles. The minimum absolute atomic E-state index is 0.206. The third kappa shape index (κ3) is 3.46. The summed E-state index contributed by atoms with van der Waals surface area (Å²) in [5.74, 6) is 0.793. The molecule has 0 radical (unpaired) electrons. The molecule has 1 rings (SSSR count). The van der Waals surface area contributed by atoms with E-state index < -0.39 is 0 Å². The Bertz CT molecular complexity index is 201. The van der Waals surface area contributed by atoms with Crippen LogP contribution in [-0.2, 0) is 0 Å². The van der Waals surface area contributed by atoms with E-state index in [-0.39, 0.29) is 5.54 Å². The average molecular weight is 212 g/mol. The van der Waals surface area contributed by atoms with Crippen LogP contribution < -0.4 is 11.1 Å². The van der Waals surface area contributed by atoms with E-state index in [1.54, 1.807) is 0 Å². The van der Waals surface area contributed by atoms with Crippen LogP contribution in [0.1, 0.15) is 53.4 Å². The zero-order valence-electron chi connectivity index (χ0n) is 10.9. The predicted octanol–water partition coefficient (Wildman–Crippen LogP) is 2.53. The van der Waals surface area contributed by atoms with Crippen molar-refractivity contribution in [2.75, 3.05) is 13.1 Å². The Kier molecular flexibility index (Phi) is 4.19. The fourth-order valence-corrected chi connectivity index (χ4v) is 3.50. The second-order valence-corrected chi connectivity index (χ2v) is 6.27. The first-order valence-electron chi connectivity index (χ1n) is 6.38. The van der Waals surface area contributed by atoms with E-state index in [9.17, 15) is 0 Å². The number of rotatable bonds is 4. The van der Waals surface area contributed by atoms with Crippen molar-refractivity contribution in [3.63, 3.8) is 0 Å². The number of nitrogens with two attached hydrogens (primary N) is 1. The average Bonchev–Trinajstić information content (AvgIpc) is 2.11. The highest BCUT2D eigenvalue weighted by molar-refractivity contribution is 4.99. The summed E-state index contributed by atoms with van der Waals surface area (Å²) < 4.78 is 0. The Morgan fingerprint density at radius 2 is 2.00 bits per heavy atom. The Morgan fingerprint density at radius 3 is 2.47 bits per heavy atom. The maximum Gasteiger partial charge on any atom is 0.0311 e. The summed E-state index contributed by atoms with van der Waals surface area (Å²) >= 11 is 0. The Morgan fingerprint density at radius 1 is 1.33 bits per heavy atom. The molecule has 2 unspecified atom stereocenters. The second kappa shape index (κ2) is 4.84. The highest BCUT2D eigenvalue weighted by Gasteiger charge is 2.41. The molecule has 3 N–H and O–H groups in total. The standard InChI is InChI=1S/C13H28N2/c1-5-6-15-13(10-14)8-11(2)7-12(3,4)9-13/h11,15H,5-10,14H2,1-4H3. The van der Waals surface area contributed by atoms with Gasteiger partial charge >= 0.3 is 0 Å². The van der Waals surface area contributed by atoms with Gasteiger partial charge in [0.2, 0.25) is 0 Å². The largest absolute Gasteiger partial charge is 0.329 e. The van der Waals surface area contributed by atoms with Crippen LogP contribution in [-0.4, -0.2) is 18.6 Å². The van der Waals surface area contributed by atoms with E-state index in [2.05, 4.69) is 33.0 Å². The van der Waals surface area contributed by atoms with E-state index in [0.29, 0.717) is 5.41 Å². The lowest BCUT2D eigenvalue weighted by atomic mass is 9.64. The zero-order valence-corrected chi connectivity index (χ0v) is 10.9. The molecule has 0 aliphatic heterocycles. The molecule has 1 aliphatic carbocycles. The van der Waals surface area contributed by atoms with Gasteiger partial charge in [0.1, 0.15) is 0 Å². The van der Waals surface area contributed by atoms with Crippen molar-refractivity contribution in [1.82, 2.24) is 5.32 Å². The topological polar surface area (TPSA) is 38.0 Å². The fraction of sp³-hybridized carbons (Fsp3) is 1.00. The molecule has 0 heterocycles. The molecule has 0 bridgehead atoms. The normalized spacial score (nSPS) is 35.4. The van der Waals surface area contributed by atoms with Gasteiger partial charge in [0.15, 0.2) is 0 Å². The maximum absolute atomic E-state index is 6.00. The summed E-state index contributed by atoms with van der Waals surface area (Å²) in [6.45, 7) is 11.2. The molecule has 1 saturated carbocycles. The summed E-state index contributed by atoms with van der Waals surface area (Å²) in [5, 5.41) is 3.70. The van der Waals surface area contributed by atoms with Crippen LogP contribution >= 0.6 is 0 Å². The Labute approximate surface area is 95.0 Å². The maximum atomic E-state index is 6.00. The molecule has 0 spiro atoms. The van der Waals surface area contributed by atoms with Gasteiger partial charge in [0.05, 0.1) is 0 Å². The van der Waals surface area contributed by atoms with Crippen LogP contribution in [0.4, 0.5) is 0 Å². The first-order valence-corrected chi connectivity index (χ1v) is 6.38. The molecular formula is C13H28N2. The van der Waals surface area contributed by atoms with Crippen molar-refractivity contribution in [3.8, 4) is 0 Å². The number of nitrogens with one attached hydrogen (secondary N) is 1. The third-order valence-electron chi connectivity index (χ3n) is 3.60. The fourth-order valence-electron chi connectivity index (χ4n) is 3.50. The van der Waals surface area contributed by atoms with Crippen LogP contribution in [0.15, 0.2) is 0 Å². The molecule has 1 fully saturated rings. The van der Waals surface area contributed by atoms with Crippen molar-refractivity contribution < 1.29 is 0 Å². The van der Waals surface area contributed by atoms with Gasteiger partial charge in [-0.2, -0.15) is 0 Å². The molecule has 0 aromatic heterocycles. The molecule has 90 valence electrons. The monoisotopic (exact) mass is 212 g/mol. The van der Waals surface area contributed by atoms with Crippen LogP contribution in [0.25, 0.3) is 0 Å². The molecule has 0 aromatic rings. The molecule has 0 amide bonds. The van der Waals surface area contributed by atoms with Gasteiger partial charge in [-0.15, -0.1) is 0 Å². The molecule has 15 heavy (non-hydrogen) atoms. The summed E-state index contributed by atoms with van der Waals surface area (Å²) in [7, 11) is 0. The number of hydrogen-bond donors (Lipinski definition) is 2. The minimum atomic E-state index is 0.206. The number of hydrogen-bond acceptors (Lipinski definition) is 2. The van der Waals surface area contributed by atoms with Gasteiger partial charge in [-0.25, -0.2) is 0 Å². The van der Waals surface area contributed by atoms with Crippen molar-refractivity contribution in [2.24, 2.45) is 17.1 Å². The van der Waals surface area contributed by atoms with E-state index in [0.717, 1.165) is 19.0 Å². The van der Waals surface area contributed by atoms with Gasteiger partial charge in [0.25, 0.3) is 0 Å². The molecular weight excluding hydrogens is 184 g/mol. The van der Waals surface area contributed by atoms with Gasteiger partial charge in [-0.05, 0) is 43.6 Å². The molecule has 1 aliphatic rings. The Balaban J connectivity index is 2.70. The predicted molar refractivity (Wildman–Crippen MR) is 66.9 cm³/mol. The van der Waals surface area contributed by atoms with Crippen molar-refractivity contribution in [2.45, 2.75) is 58.9 Å². The first kappa shape index (κ1) is 13.0. The van der Waals surface area contributed by atoms with E-state index in [1.807, 2.05) is 0 Å². The molecule has 0 saturated heterocycles. The van der Waals surface area contributed by atoms with E-state index in [4.69, 9.17) is 5.73 Å². The molecule has 2 atom stereocenters. The highest BCUT2D eigenvalue weighted by atomic mass is 15.0. The van der Waals surface area contributed by atoms with Gasteiger partial charge in [-0.3, -0.25) is 0 Å². The molecule has 2 nitrogen and oxygen atoms in total. The van der Waals surface area contributed by atoms with Gasteiger partial charge in [0, 0.05) is 12.1 Å². The Hall–Kier alpha value is -0.0800.